The molecule has 0 saturated heterocycles. The zero-order chi connectivity index (χ0) is 31.3. The van der Waals surface area contributed by atoms with E-state index in [0.717, 1.165) is 32.3 Å². The number of carbonyl (C=O) groups is 2. The maximum atomic E-state index is 11.4. The lowest BCUT2D eigenvalue weighted by molar-refractivity contribution is -0.131. The van der Waals surface area contributed by atoms with Crippen molar-refractivity contribution in [2.24, 2.45) is 0 Å². The summed E-state index contributed by atoms with van der Waals surface area (Å²) in [7, 11) is 0. The van der Waals surface area contributed by atoms with E-state index in [0.29, 0.717) is 41.4 Å². The smallest absolute Gasteiger partial charge is 0.298 e. The molecule has 224 valence electrons. The minimum absolute atomic E-state index is 0.0629. The van der Waals surface area contributed by atoms with Gasteiger partial charge < -0.3 is 14.4 Å². The minimum Gasteiger partial charge on any atom is -0.446 e. The van der Waals surface area contributed by atoms with E-state index in [-0.39, 0.29) is 12.5 Å². The summed E-state index contributed by atoms with van der Waals surface area (Å²) in [5, 5.41) is 1.06. The Bertz CT molecular complexity index is 2110. The Morgan fingerprint density at radius 3 is 2.17 bits per heavy atom. The molecule has 3 aromatic carbocycles. The monoisotopic (exact) mass is 623 g/mol. The predicted octanol–water partition coefficient (Wildman–Crippen LogP) is 8.02. The largest absolute Gasteiger partial charge is 0.446 e. The van der Waals surface area contributed by atoms with E-state index in [1.165, 1.54) is 0 Å². The normalized spacial score (nSPS) is 10.9. The second kappa shape index (κ2) is 12.8. The molecule has 0 bridgehead atoms. The Labute approximate surface area is 268 Å². The summed E-state index contributed by atoms with van der Waals surface area (Å²) in [6, 6.07) is 39.4. The molecular weight excluding hydrogens is 598 g/mol. The summed E-state index contributed by atoms with van der Waals surface area (Å²) in [5.74, 6) is 0.721. The average Bonchev–Trinajstić information content (AvgIpc) is 3.74. The lowest BCUT2D eigenvalue weighted by Crippen LogP contribution is -2.07. The van der Waals surface area contributed by atoms with Gasteiger partial charge in [-0.05, 0) is 66.2 Å². The number of nitrogens with zero attached hydrogens (tertiary/aromatic N) is 5. The van der Waals surface area contributed by atoms with Crippen LogP contribution in [-0.4, -0.2) is 32.5 Å². The number of imidazole rings is 1. The molecule has 0 unspecified atom stereocenters. The van der Waals surface area contributed by atoms with Crippen LogP contribution in [0.4, 0.5) is 16.4 Å². The highest BCUT2D eigenvalue weighted by atomic mass is 32.1. The first kappa shape index (κ1) is 28.6. The van der Waals surface area contributed by atoms with E-state index in [1.807, 2.05) is 72.8 Å². The first-order valence-corrected chi connectivity index (χ1v) is 15.1. The third-order valence-electron chi connectivity index (χ3n) is 7.29. The molecule has 0 N–H and O–H groups in total. The molecule has 7 aromatic rings. The first-order chi connectivity index (χ1) is 22.7. The van der Waals surface area contributed by atoms with Gasteiger partial charge in [-0.3, -0.25) is 19.1 Å². The van der Waals surface area contributed by atoms with Gasteiger partial charge in [0.1, 0.15) is 16.4 Å². The van der Waals surface area contributed by atoms with Gasteiger partial charge in [-0.25, -0.2) is 9.97 Å². The highest BCUT2D eigenvalue weighted by Crippen LogP contribution is 2.42. The second-order valence-electron chi connectivity index (χ2n) is 10.1. The maximum Gasteiger partial charge on any atom is 0.298 e. The van der Waals surface area contributed by atoms with Crippen LogP contribution in [0.15, 0.2) is 128 Å². The van der Waals surface area contributed by atoms with Crippen molar-refractivity contribution in [2.45, 2.75) is 6.73 Å². The summed E-state index contributed by atoms with van der Waals surface area (Å²) in [6.07, 6.45) is 1.73. The lowest BCUT2D eigenvalue weighted by Gasteiger charge is -2.23. The van der Waals surface area contributed by atoms with Crippen molar-refractivity contribution in [3.8, 4) is 39.1 Å². The van der Waals surface area contributed by atoms with Gasteiger partial charge >= 0.3 is 0 Å². The minimum atomic E-state index is -0.0629. The van der Waals surface area contributed by atoms with Gasteiger partial charge in [-0.15, -0.1) is 11.3 Å². The Morgan fingerprint density at radius 2 is 1.43 bits per heavy atom. The van der Waals surface area contributed by atoms with Crippen LogP contribution in [0.2, 0.25) is 0 Å². The number of fused-ring (bicyclic) bond motifs is 1. The molecule has 9 nitrogen and oxygen atoms in total. The van der Waals surface area contributed by atoms with Crippen molar-refractivity contribution in [2.75, 3.05) is 4.90 Å². The molecule has 4 heterocycles. The lowest BCUT2D eigenvalue weighted by atomic mass is 10.1. The number of ether oxygens (including phenoxy) is 2. The fraction of sp³-hybridized carbons (Fsp3) is 0.0278. The van der Waals surface area contributed by atoms with Gasteiger partial charge in [0.15, 0.2) is 12.6 Å². The fourth-order valence-corrected chi connectivity index (χ4v) is 6.31. The molecular formula is C36H25N5O4S. The Balaban J connectivity index is 1.28. The van der Waals surface area contributed by atoms with E-state index in [9.17, 15) is 9.59 Å². The van der Waals surface area contributed by atoms with Crippen LogP contribution in [-0.2, 0) is 21.1 Å². The number of aromatic nitrogens is 4. The fourth-order valence-electron chi connectivity index (χ4n) is 5.27. The predicted molar refractivity (Wildman–Crippen MR) is 178 cm³/mol. The number of hydrogen-bond donors (Lipinski definition) is 0. The van der Waals surface area contributed by atoms with E-state index in [1.54, 1.807) is 34.2 Å². The molecule has 0 aliphatic carbocycles. The summed E-state index contributed by atoms with van der Waals surface area (Å²) >= 11 is 1.66. The molecule has 0 atom stereocenters. The topological polar surface area (TPSA) is 99.4 Å². The molecule has 0 radical (unpaired) electrons. The molecule has 0 aliphatic heterocycles. The van der Waals surface area contributed by atoms with E-state index in [2.05, 4.69) is 46.3 Å². The number of rotatable bonds is 11. The van der Waals surface area contributed by atoms with E-state index >= 15 is 0 Å². The van der Waals surface area contributed by atoms with Crippen LogP contribution in [0.25, 0.3) is 44.4 Å². The van der Waals surface area contributed by atoms with Gasteiger partial charge in [0.2, 0.25) is 0 Å². The quantitative estimate of drug-likeness (QED) is 0.134. The summed E-state index contributed by atoms with van der Waals surface area (Å²) in [4.78, 5) is 39.9. The van der Waals surface area contributed by atoms with Crippen molar-refractivity contribution in [1.82, 2.24) is 19.5 Å². The second-order valence-corrected chi connectivity index (χ2v) is 11.2. The molecule has 10 heteroatoms. The average molecular weight is 624 g/mol. The van der Waals surface area contributed by atoms with Gasteiger partial charge in [0.25, 0.3) is 12.9 Å². The van der Waals surface area contributed by atoms with Crippen LogP contribution in [0, 0.1) is 0 Å². The van der Waals surface area contributed by atoms with Gasteiger partial charge in [0.05, 0.1) is 22.4 Å². The number of thiophene rings is 1. The molecule has 0 saturated carbocycles. The number of carbonyl (C=O) groups excluding carboxylic acids is 2. The van der Waals surface area contributed by atoms with Crippen molar-refractivity contribution in [1.29, 1.82) is 0 Å². The van der Waals surface area contributed by atoms with Crippen molar-refractivity contribution < 1.29 is 19.1 Å². The van der Waals surface area contributed by atoms with E-state index in [4.69, 9.17) is 19.4 Å². The molecule has 46 heavy (non-hydrogen) atoms. The van der Waals surface area contributed by atoms with E-state index < -0.39 is 0 Å². The Hall–Kier alpha value is -6.13. The SMILES string of the molecule is O=COCn1c(-c2cc(OC=O)cc(-c3cc(-c4ccc(N(c5ccccc5)c5ccccc5)s4)ccn3)n2)nc2ccccc21. The van der Waals surface area contributed by atoms with Crippen molar-refractivity contribution >= 4 is 51.7 Å². The Morgan fingerprint density at radius 1 is 0.717 bits per heavy atom. The molecule has 0 spiro atoms. The standard InChI is InChI=1S/C36H25N5O4S/c42-23-44-22-40-33-14-8-7-13-29(33)39-36(40)32-21-28(45-24-43)20-31(38-32)30-19-25(17-18-37-30)34-15-16-35(46-34)41(26-9-3-1-4-10-26)27-11-5-2-6-12-27/h1-21,23-24H,22H2. The van der Waals surface area contributed by atoms with Gasteiger partial charge in [-0.2, -0.15) is 0 Å². The number of pyridine rings is 2. The van der Waals surface area contributed by atoms with Gasteiger partial charge in [-0.1, -0.05) is 48.5 Å². The highest BCUT2D eigenvalue weighted by molar-refractivity contribution is 7.19. The number of benzene rings is 3. The van der Waals surface area contributed by atoms with Crippen LogP contribution in [0.3, 0.4) is 0 Å². The molecule has 7 rings (SSSR count). The zero-order valence-corrected chi connectivity index (χ0v) is 25.1. The number of anilines is 3. The molecule has 0 fully saturated rings. The van der Waals surface area contributed by atoms with Crippen LogP contribution in [0.5, 0.6) is 5.75 Å². The Kier molecular flexibility index (Phi) is 8.00. The first-order valence-electron chi connectivity index (χ1n) is 14.3. The highest BCUT2D eigenvalue weighted by Gasteiger charge is 2.19. The third kappa shape index (κ3) is 5.72. The number of para-hydroxylation sites is 4. The third-order valence-corrected chi connectivity index (χ3v) is 8.41. The summed E-state index contributed by atoms with van der Waals surface area (Å²) in [6.45, 7) is 0.684. The molecule has 0 amide bonds. The summed E-state index contributed by atoms with van der Waals surface area (Å²) in [5.41, 5.74) is 6.03. The molecule has 0 aliphatic rings. The van der Waals surface area contributed by atoms with Crippen LogP contribution < -0.4 is 9.64 Å². The number of hydrogen-bond acceptors (Lipinski definition) is 9. The zero-order valence-electron chi connectivity index (χ0n) is 24.3. The van der Waals surface area contributed by atoms with Crippen LogP contribution in [0.1, 0.15) is 0 Å². The maximum absolute atomic E-state index is 11.4. The van der Waals surface area contributed by atoms with Crippen molar-refractivity contribution in [3.05, 3.63) is 128 Å². The summed E-state index contributed by atoms with van der Waals surface area (Å²) < 4.78 is 12.1. The van der Waals surface area contributed by atoms with Crippen molar-refractivity contribution in [3.63, 3.8) is 0 Å². The van der Waals surface area contributed by atoms with Crippen LogP contribution >= 0.6 is 11.3 Å². The molecule has 4 aromatic heterocycles. The van der Waals surface area contributed by atoms with Gasteiger partial charge in [0, 0.05) is 34.6 Å².